The Labute approximate surface area is 118 Å². The van der Waals surface area contributed by atoms with Crippen molar-refractivity contribution in [1.29, 1.82) is 0 Å². The molecule has 0 atom stereocenters. The van der Waals surface area contributed by atoms with Crippen LogP contribution in [0.4, 0.5) is 5.69 Å². The number of anilines is 1. The molecule has 0 unspecified atom stereocenters. The van der Waals surface area contributed by atoms with Crippen LogP contribution in [0.15, 0.2) is 53.5 Å². The third-order valence-corrected chi connectivity index (χ3v) is 3.06. The molecule has 0 bridgehead atoms. The summed E-state index contributed by atoms with van der Waals surface area (Å²) in [5.74, 6) is -0.218. The number of nitrogens with one attached hydrogen (secondary N) is 1. The van der Waals surface area contributed by atoms with Gasteiger partial charge in [-0.05, 0) is 52.9 Å². The zero-order chi connectivity index (χ0) is 13.0. The van der Waals surface area contributed by atoms with Gasteiger partial charge in [0.05, 0.1) is 0 Å². The van der Waals surface area contributed by atoms with E-state index in [0.717, 1.165) is 9.26 Å². The van der Waals surface area contributed by atoms with Crippen LogP contribution in [0.5, 0.6) is 0 Å². The highest BCUT2D eigenvalue weighted by molar-refractivity contribution is 14.1. The molecule has 1 aromatic heterocycles. The van der Waals surface area contributed by atoms with E-state index in [1.54, 1.807) is 18.3 Å². The first-order chi connectivity index (χ1) is 8.65. The molecular formula is C13H11IN2O2. The van der Waals surface area contributed by atoms with E-state index in [9.17, 15) is 9.59 Å². The van der Waals surface area contributed by atoms with Gasteiger partial charge in [0.25, 0.3) is 5.56 Å². The monoisotopic (exact) mass is 354 g/mol. The maximum atomic E-state index is 11.7. The number of carbonyl (C=O) groups excluding carboxylic acids is 1. The predicted octanol–water partition coefficient (Wildman–Crippen LogP) is 2.09. The molecule has 5 heteroatoms. The van der Waals surface area contributed by atoms with Gasteiger partial charge in [0.1, 0.15) is 6.54 Å². The van der Waals surface area contributed by atoms with Crippen molar-refractivity contribution in [2.45, 2.75) is 6.54 Å². The third kappa shape index (κ3) is 3.43. The van der Waals surface area contributed by atoms with Gasteiger partial charge in [-0.15, -0.1) is 0 Å². The third-order valence-electron chi connectivity index (χ3n) is 2.34. The zero-order valence-corrected chi connectivity index (χ0v) is 11.6. The van der Waals surface area contributed by atoms with Gasteiger partial charge >= 0.3 is 0 Å². The number of amides is 1. The molecule has 1 amide bonds. The number of aromatic nitrogens is 1. The number of nitrogens with zero attached hydrogens (tertiary/aromatic N) is 1. The molecule has 18 heavy (non-hydrogen) atoms. The summed E-state index contributed by atoms with van der Waals surface area (Å²) in [6.07, 6.45) is 1.59. The lowest BCUT2D eigenvalue weighted by molar-refractivity contribution is -0.116. The van der Waals surface area contributed by atoms with Crippen molar-refractivity contribution in [3.8, 4) is 0 Å². The molecule has 2 aromatic rings. The second-order valence-electron chi connectivity index (χ2n) is 3.72. The molecule has 1 heterocycles. The van der Waals surface area contributed by atoms with Crippen molar-refractivity contribution in [1.82, 2.24) is 4.57 Å². The average Bonchev–Trinajstić information content (AvgIpc) is 2.35. The largest absolute Gasteiger partial charge is 0.325 e. The van der Waals surface area contributed by atoms with Crippen LogP contribution in [0.1, 0.15) is 0 Å². The van der Waals surface area contributed by atoms with Crippen molar-refractivity contribution in [3.63, 3.8) is 0 Å². The minimum Gasteiger partial charge on any atom is -0.325 e. The Morgan fingerprint density at radius 3 is 2.56 bits per heavy atom. The quantitative estimate of drug-likeness (QED) is 0.859. The van der Waals surface area contributed by atoms with E-state index in [1.165, 1.54) is 10.6 Å². The lowest BCUT2D eigenvalue weighted by atomic mass is 10.3. The normalized spacial score (nSPS) is 10.1. The minimum absolute atomic E-state index is 0.0195. The van der Waals surface area contributed by atoms with Crippen LogP contribution in [0, 0.1) is 3.57 Å². The fourth-order valence-electron chi connectivity index (χ4n) is 1.48. The lowest BCUT2D eigenvalue weighted by Gasteiger charge is -2.07. The van der Waals surface area contributed by atoms with E-state index in [4.69, 9.17) is 0 Å². The Bertz CT molecular complexity index is 605. The number of rotatable bonds is 3. The molecule has 0 fully saturated rings. The van der Waals surface area contributed by atoms with Gasteiger partial charge in [-0.25, -0.2) is 0 Å². The van der Waals surface area contributed by atoms with Crippen molar-refractivity contribution < 1.29 is 4.79 Å². The Morgan fingerprint density at radius 2 is 1.89 bits per heavy atom. The summed E-state index contributed by atoms with van der Waals surface area (Å²) in [6, 6.07) is 12.3. The van der Waals surface area contributed by atoms with Crippen LogP contribution in [0.3, 0.4) is 0 Å². The molecule has 92 valence electrons. The smallest absolute Gasteiger partial charge is 0.250 e. The lowest BCUT2D eigenvalue weighted by Crippen LogP contribution is -2.26. The standard InChI is InChI=1S/C13H11IN2O2/c14-10-4-6-11(7-5-10)15-12(17)9-16-8-2-1-3-13(16)18/h1-8H,9H2,(H,15,17). The number of halogens is 1. The highest BCUT2D eigenvalue weighted by atomic mass is 127. The number of pyridine rings is 1. The Morgan fingerprint density at radius 1 is 1.17 bits per heavy atom. The first-order valence-corrected chi connectivity index (χ1v) is 6.44. The second kappa shape index (κ2) is 5.81. The summed E-state index contributed by atoms with van der Waals surface area (Å²) in [5.41, 5.74) is 0.541. The van der Waals surface area contributed by atoms with E-state index in [1.807, 2.05) is 24.3 Å². The number of benzene rings is 1. The molecule has 0 aliphatic rings. The second-order valence-corrected chi connectivity index (χ2v) is 4.97. The molecule has 0 saturated heterocycles. The van der Waals surface area contributed by atoms with Crippen LogP contribution in [0.2, 0.25) is 0 Å². The van der Waals surface area contributed by atoms with Gasteiger partial charge in [-0.1, -0.05) is 6.07 Å². The van der Waals surface area contributed by atoms with Crippen LogP contribution >= 0.6 is 22.6 Å². The number of carbonyl (C=O) groups is 1. The van der Waals surface area contributed by atoms with Gasteiger partial charge in [0.15, 0.2) is 0 Å². The van der Waals surface area contributed by atoms with Crippen molar-refractivity contribution in [2.75, 3.05) is 5.32 Å². The molecule has 2 rings (SSSR count). The molecule has 1 aromatic carbocycles. The van der Waals surface area contributed by atoms with Crippen LogP contribution in [-0.2, 0) is 11.3 Å². The van der Waals surface area contributed by atoms with Gasteiger partial charge in [0, 0.05) is 21.5 Å². The van der Waals surface area contributed by atoms with Crippen molar-refractivity contribution in [2.24, 2.45) is 0 Å². The highest BCUT2D eigenvalue weighted by Crippen LogP contribution is 2.10. The average molecular weight is 354 g/mol. The molecule has 4 nitrogen and oxygen atoms in total. The van der Waals surface area contributed by atoms with E-state index < -0.39 is 0 Å². The van der Waals surface area contributed by atoms with Crippen LogP contribution < -0.4 is 10.9 Å². The predicted molar refractivity (Wildman–Crippen MR) is 78.5 cm³/mol. The summed E-state index contributed by atoms with van der Waals surface area (Å²) in [6.45, 7) is 0.0195. The first kappa shape index (κ1) is 12.8. The van der Waals surface area contributed by atoms with Gasteiger partial charge in [0.2, 0.25) is 5.91 Å². The van der Waals surface area contributed by atoms with E-state index >= 15 is 0 Å². The minimum atomic E-state index is -0.218. The Balaban J connectivity index is 2.03. The van der Waals surface area contributed by atoms with E-state index in [-0.39, 0.29) is 18.0 Å². The molecular weight excluding hydrogens is 343 g/mol. The molecule has 0 radical (unpaired) electrons. The first-order valence-electron chi connectivity index (χ1n) is 5.36. The summed E-state index contributed by atoms with van der Waals surface area (Å²) < 4.78 is 2.46. The molecule has 0 spiro atoms. The summed E-state index contributed by atoms with van der Waals surface area (Å²) >= 11 is 2.19. The van der Waals surface area contributed by atoms with Crippen molar-refractivity contribution in [3.05, 3.63) is 62.6 Å². The van der Waals surface area contributed by atoms with Gasteiger partial charge < -0.3 is 9.88 Å². The maximum absolute atomic E-state index is 11.7. The van der Waals surface area contributed by atoms with E-state index in [0.29, 0.717) is 0 Å². The molecule has 0 aliphatic heterocycles. The fraction of sp³-hybridized carbons (Fsp3) is 0.0769. The fourth-order valence-corrected chi connectivity index (χ4v) is 1.84. The highest BCUT2D eigenvalue weighted by Gasteiger charge is 2.04. The SMILES string of the molecule is O=C(Cn1ccccc1=O)Nc1ccc(I)cc1. The van der Waals surface area contributed by atoms with Crippen molar-refractivity contribution >= 4 is 34.2 Å². The topological polar surface area (TPSA) is 51.1 Å². The summed E-state index contributed by atoms with van der Waals surface area (Å²) in [5, 5.41) is 2.74. The van der Waals surface area contributed by atoms with Crippen LogP contribution in [-0.4, -0.2) is 10.5 Å². The Hall–Kier alpha value is -1.63. The van der Waals surface area contributed by atoms with E-state index in [2.05, 4.69) is 27.9 Å². The molecule has 1 N–H and O–H groups in total. The zero-order valence-electron chi connectivity index (χ0n) is 9.47. The Kier molecular flexibility index (Phi) is 4.14. The molecule has 0 saturated carbocycles. The molecule has 0 aliphatic carbocycles. The van der Waals surface area contributed by atoms with Crippen LogP contribution in [0.25, 0.3) is 0 Å². The summed E-state index contributed by atoms with van der Waals surface area (Å²) in [4.78, 5) is 23.2. The van der Waals surface area contributed by atoms with Gasteiger partial charge in [-0.3, -0.25) is 9.59 Å². The number of hydrogen-bond acceptors (Lipinski definition) is 2. The maximum Gasteiger partial charge on any atom is 0.250 e. The number of hydrogen-bond donors (Lipinski definition) is 1. The van der Waals surface area contributed by atoms with Gasteiger partial charge in [-0.2, -0.15) is 0 Å². The summed E-state index contributed by atoms with van der Waals surface area (Å²) in [7, 11) is 0.